The van der Waals surface area contributed by atoms with E-state index in [2.05, 4.69) is 16.0 Å². The molecular formula is C16H28N4O8. The summed E-state index contributed by atoms with van der Waals surface area (Å²) in [5.41, 5.74) is 5.43. The van der Waals surface area contributed by atoms with Crippen molar-refractivity contribution in [3.8, 4) is 0 Å². The Labute approximate surface area is 161 Å². The highest BCUT2D eigenvalue weighted by Gasteiger charge is 2.31. The fourth-order valence-corrected chi connectivity index (χ4v) is 2.13. The number of carbonyl (C=O) groups excluding carboxylic acids is 3. The number of rotatable bonds is 13. The third kappa shape index (κ3) is 9.28. The smallest absolute Gasteiger partial charge is 0.322 e. The molecule has 0 saturated heterocycles. The van der Waals surface area contributed by atoms with Gasteiger partial charge in [-0.05, 0) is 12.3 Å². The highest BCUT2D eigenvalue weighted by molar-refractivity contribution is 5.94. The molecule has 0 saturated carbocycles. The summed E-state index contributed by atoms with van der Waals surface area (Å²) in [6.45, 7) is 2.12. The Morgan fingerprint density at radius 2 is 1.57 bits per heavy atom. The fraction of sp³-hybridized carbons (Fsp3) is 0.688. The minimum Gasteiger partial charge on any atom is -0.481 e. The molecule has 4 unspecified atom stereocenters. The lowest BCUT2D eigenvalue weighted by molar-refractivity contribution is -0.140. The Morgan fingerprint density at radius 3 is 2.04 bits per heavy atom. The molecule has 0 rings (SSSR count). The van der Waals surface area contributed by atoms with Gasteiger partial charge >= 0.3 is 11.9 Å². The van der Waals surface area contributed by atoms with Gasteiger partial charge in [0.2, 0.25) is 17.7 Å². The van der Waals surface area contributed by atoms with E-state index in [0.29, 0.717) is 6.42 Å². The molecule has 0 radical (unpaired) electrons. The Bertz CT molecular complexity index is 583. The Balaban J connectivity index is 5.30. The highest BCUT2D eigenvalue weighted by Crippen LogP contribution is 2.10. The second kappa shape index (κ2) is 12.6. The van der Waals surface area contributed by atoms with Crippen LogP contribution in [0.4, 0.5) is 0 Å². The first-order chi connectivity index (χ1) is 13.0. The highest BCUT2D eigenvalue weighted by atomic mass is 16.4. The van der Waals surface area contributed by atoms with E-state index in [0.717, 1.165) is 0 Å². The van der Waals surface area contributed by atoms with Crippen molar-refractivity contribution in [2.24, 2.45) is 11.7 Å². The number of aliphatic hydroxyl groups is 1. The average molecular weight is 404 g/mol. The average Bonchev–Trinajstić information content (AvgIpc) is 2.65. The summed E-state index contributed by atoms with van der Waals surface area (Å²) < 4.78 is 0. The maximum Gasteiger partial charge on any atom is 0.322 e. The molecule has 0 aromatic carbocycles. The van der Waals surface area contributed by atoms with Crippen LogP contribution in [0.15, 0.2) is 0 Å². The number of amides is 3. The van der Waals surface area contributed by atoms with Crippen molar-refractivity contribution in [1.82, 2.24) is 16.0 Å². The molecule has 0 spiro atoms. The van der Waals surface area contributed by atoms with Gasteiger partial charge in [-0.25, -0.2) is 0 Å². The van der Waals surface area contributed by atoms with E-state index in [9.17, 15) is 24.0 Å². The maximum absolute atomic E-state index is 12.6. The normalized spacial score (nSPS) is 14.9. The standard InChI is InChI=1S/C16H28N4O8/c1-3-8(2)13(20-14(26)9(17)7-21)16(28)19-10(4-5-11(22)23)15(27)18-6-12(24)25/h8-10,13,21H,3-7,17H2,1-2H3,(H,18,27)(H,19,28)(H,20,26)(H,22,23)(H,24,25). The van der Waals surface area contributed by atoms with E-state index in [-0.39, 0.29) is 12.3 Å². The molecule has 0 bridgehead atoms. The Hall–Kier alpha value is -2.73. The molecule has 0 heterocycles. The number of nitrogens with one attached hydrogen (secondary N) is 3. The summed E-state index contributed by atoms with van der Waals surface area (Å²) in [4.78, 5) is 58.0. The molecule has 0 fully saturated rings. The molecule has 0 aliphatic carbocycles. The number of aliphatic hydroxyl groups excluding tert-OH is 1. The second-order valence-electron chi connectivity index (χ2n) is 6.27. The van der Waals surface area contributed by atoms with Crippen molar-refractivity contribution >= 4 is 29.7 Å². The van der Waals surface area contributed by atoms with Gasteiger partial charge in [0.05, 0.1) is 6.61 Å². The van der Waals surface area contributed by atoms with Gasteiger partial charge in [0, 0.05) is 6.42 Å². The molecular weight excluding hydrogens is 376 g/mol. The van der Waals surface area contributed by atoms with Crippen LogP contribution in [0.3, 0.4) is 0 Å². The lowest BCUT2D eigenvalue weighted by Gasteiger charge is -2.27. The number of nitrogens with two attached hydrogens (primary N) is 1. The first kappa shape index (κ1) is 25.3. The van der Waals surface area contributed by atoms with Gasteiger partial charge in [-0.3, -0.25) is 24.0 Å². The lowest BCUT2D eigenvalue weighted by Crippen LogP contribution is -2.58. The SMILES string of the molecule is CCC(C)C(NC(=O)C(N)CO)C(=O)NC(CCC(=O)O)C(=O)NCC(=O)O. The monoisotopic (exact) mass is 404 g/mol. The van der Waals surface area contributed by atoms with Crippen LogP contribution in [-0.2, 0) is 24.0 Å². The molecule has 28 heavy (non-hydrogen) atoms. The third-order valence-electron chi connectivity index (χ3n) is 4.02. The topological polar surface area (TPSA) is 208 Å². The zero-order chi connectivity index (χ0) is 21.9. The minimum atomic E-state index is -1.31. The fourth-order valence-electron chi connectivity index (χ4n) is 2.13. The van der Waals surface area contributed by atoms with Crippen LogP contribution in [0.5, 0.6) is 0 Å². The van der Waals surface area contributed by atoms with E-state index in [1.165, 1.54) is 0 Å². The summed E-state index contributed by atoms with van der Waals surface area (Å²) in [5, 5.41) is 33.2. The predicted octanol–water partition coefficient (Wildman–Crippen LogP) is -2.61. The van der Waals surface area contributed by atoms with Crippen molar-refractivity contribution in [3.05, 3.63) is 0 Å². The van der Waals surface area contributed by atoms with Crippen molar-refractivity contribution in [3.63, 3.8) is 0 Å². The summed E-state index contributed by atoms with van der Waals surface area (Å²) in [6.07, 6.45) is -0.233. The molecule has 160 valence electrons. The van der Waals surface area contributed by atoms with E-state index < -0.39 is 67.4 Å². The second-order valence-corrected chi connectivity index (χ2v) is 6.27. The summed E-state index contributed by atoms with van der Waals surface area (Å²) in [6, 6.07) is -3.63. The van der Waals surface area contributed by atoms with E-state index in [1.807, 2.05) is 0 Å². The summed E-state index contributed by atoms with van der Waals surface area (Å²) in [7, 11) is 0. The quantitative estimate of drug-likeness (QED) is 0.171. The molecule has 8 N–H and O–H groups in total. The maximum atomic E-state index is 12.6. The van der Waals surface area contributed by atoms with Crippen LogP contribution in [0.2, 0.25) is 0 Å². The molecule has 0 aliphatic heterocycles. The first-order valence-electron chi connectivity index (χ1n) is 8.71. The largest absolute Gasteiger partial charge is 0.481 e. The van der Waals surface area contributed by atoms with Crippen molar-refractivity contribution in [2.45, 2.75) is 51.2 Å². The summed E-state index contributed by atoms with van der Waals surface area (Å²) in [5.74, 6) is -5.25. The van der Waals surface area contributed by atoms with E-state index >= 15 is 0 Å². The minimum absolute atomic E-state index is 0.274. The van der Waals surface area contributed by atoms with Crippen LogP contribution in [0.1, 0.15) is 33.1 Å². The first-order valence-corrected chi connectivity index (χ1v) is 8.71. The number of carboxylic acids is 2. The zero-order valence-electron chi connectivity index (χ0n) is 15.8. The third-order valence-corrected chi connectivity index (χ3v) is 4.02. The lowest BCUT2D eigenvalue weighted by atomic mass is 9.97. The van der Waals surface area contributed by atoms with Gasteiger partial charge in [-0.15, -0.1) is 0 Å². The van der Waals surface area contributed by atoms with Gasteiger partial charge in [-0.1, -0.05) is 20.3 Å². The molecule has 0 aromatic rings. The number of hydrogen-bond donors (Lipinski definition) is 7. The van der Waals surface area contributed by atoms with Gasteiger partial charge < -0.3 is 37.0 Å². The van der Waals surface area contributed by atoms with Crippen LogP contribution in [0.25, 0.3) is 0 Å². The van der Waals surface area contributed by atoms with Gasteiger partial charge in [0.25, 0.3) is 0 Å². The van der Waals surface area contributed by atoms with Crippen molar-refractivity contribution in [2.75, 3.05) is 13.2 Å². The van der Waals surface area contributed by atoms with Crippen molar-refractivity contribution < 1.29 is 39.3 Å². The summed E-state index contributed by atoms with van der Waals surface area (Å²) >= 11 is 0. The predicted molar refractivity (Wildman–Crippen MR) is 95.9 cm³/mol. The molecule has 12 heteroatoms. The van der Waals surface area contributed by atoms with E-state index in [1.54, 1.807) is 13.8 Å². The Morgan fingerprint density at radius 1 is 0.964 bits per heavy atom. The molecule has 4 atom stereocenters. The zero-order valence-corrected chi connectivity index (χ0v) is 15.8. The van der Waals surface area contributed by atoms with Gasteiger partial charge in [-0.2, -0.15) is 0 Å². The van der Waals surface area contributed by atoms with Crippen molar-refractivity contribution in [1.29, 1.82) is 0 Å². The van der Waals surface area contributed by atoms with E-state index in [4.69, 9.17) is 21.1 Å². The number of hydrogen-bond acceptors (Lipinski definition) is 7. The number of aliphatic carboxylic acids is 2. The van der Waals surface area contributed by atoms with Crippen LogP contribution in [0, 0.1) is 5.92 Å². The molecule has 0 aromatic heterocycles. The number of carbonyl (C=O) groups is 5. The number of carboxylic acid groups (broad SMARTS) is 2. The molecule has 12 nitrogen and oxygen atoms in total. The molecule has 0 aliphatic rings. The van der Waals surface area contributed by atoms with Gasteiger partial charge in [0.1, 0.15) is 24.7 Å². The van der Waals surface area contributed by atoms with Gasteiger partial charge in [0.15, 0.2) is 0 Å². The Kier molecular flexibility index (Phi) is 11.4. The van der Waals surface area contributed by atoms with Crippen LogP contribution >= 0.6 is 0 Å². The van der Waals surface area contributed by atoms with Crippen LogP contribution in [-0.4, -0.2) is 76.3 Å². The van der Waals surface area contributed by atoms with Crippen LogP contribution < -0.4 is 21.7 Å². The molecule has 3 amide bonds.